The van der Waals surface area contributed by atoms with E-state index in [4.69, 9.17) is 0 Å². The van der Waals surface area contributed by atoms with Crippen molar-refractivity contribution in [3.63, 3.8) is 0 Å². The number of carbonyl (C=O) groups is 1. The first-order valence-corrected chi connectivity index (χ1v) is 11.6. The van der Waals surface area contributed by atoms with Gasteiger partial charge in [-0.2, -0.15) is 0 Å². The second-order valence-electron chi connectivity index (χ2n) is 9.31. The van der Waals surface area contributed by atoms with Crippen LogP contribution in [0.2, 0.25) is 0 Å². The molecule has 2 aromatic rings. The molecule has 1 saturated carbocycles. The predicted molar refractivity (Wildman–Crippen MR) is 121 cm³/mol. The van der Waals surface area contributed by atoms with E-state index in [0.717, 1.165) is 51.7 Å². The SMILES string of the molecule is Cc1ccc(-c2ccc3c(c2)CCN(CC(=O)N2CCN(C4CCC4)CC2)C3)cc1. The molecule has 5 rings (SSSR count). The van der Waals surface area contributed by atoms with E-state index in [0.29, 0.717) is 12.5 Å². The fourth-order valence-corrected chi connectivity index (χ4v) is 5.05. The highest BCUT2D eigenvalue weighted by Gasteiger charge is 2.30. The van der Waals surface area contributed by atoms with E-state index in [2.05, 4.69) is 64.1 Å². The normalized spacial score (nSPS) is 20.6. The molecule has 2 aromatic carbocycles. The Morgan fingerprint density at radius 1 is 0.900 bits per heavy atom. The van der Waals surface area contributed by atoms with Crippen molar-refractivity contribution < 1.29 is 4.79 Å². The van der Waals surface area contributed by atoms with E-state index in [9.17, 15) is 4.79 Å². The maximum Gasteiger partial charge on any atom is 0.236 e. The van der Waals surface area contributed by atoms with Crippen LogP contribution in [0.25, 0.3) is 11.1 Å². The van der Waals surface area contributed by atoms with Gasteiger partial charge in [0.05, 0.1) is 6.54 Å². The Morgan fingerprint density at radius 3 is 2.33 bits per heavy atom. The third-order valence-corrected chi connectivity index (χ3v) is 7.30. The Labute approximate surface area is 180 Å². The van der Waals surface area contributed by atoms with Crippen LogP contribution in [0.1, 0.15) is 36.0 Å². The highest BCUT2D eigenvalue weighted by atomic mass is 16.2. The molecule has 0 radical (unpaired) electrons. The number of hydrogen-bond acceptors (Lipinski definition) is 3. The van der Waals surface area contributed by atoms with Gasteiger partial charge in [0.15, 0.2) is 0 Å². The zero-order valence-electron chi connectivity index (χ0n) is 18.1. The van der Waals surface area contributed by atoms with Gasteiger partial charge in [-0.25, -0.2) is 0 Å². The summed E-state index contributed by atoms with van der Waals surface area (Å²) < 4.78 is 0. The van der Waals surface area contributed by atoms with Crippen molar-refractivity contribution in [3.8, 4) is 11.1 Å². The number of hydrogen-bond donors (Lipinski definition) is 0. The van der Waals surface area contributed by atoms with Crippen LogP contribution in [-0.2, 0) is 17.8 Å². The molecule has 2 aliphatic heterocycles. The smallest absolute Gasteiger partial charge is 0.236 e. The number of benzene rings is 2. The molecule has 0 unspecified atom stereocenters. The second-order valence-corrected chi connectivity index (χ2v) is 9.31. The zero-order valence-corrected chi connectivity index (χ0v) is 18.1. The molecule has 4 heteroatoms. The molecule has 0 spiro atoms. The third kappa shape index (κ3) is 4.17. The molecule has 2 heterocycles. The van der Waals surface area contributed by atoms with E-state index >= 15 is 0 Å². The molecule has 30 heavy (non-hydrogen) atoms. The van der Waals surface area contributed by atoms with Crippen LogP contribution in [0.15, 0.2) is 42.5 Å². The molecular weight excluding hydrogens is 370 g/mol. The molecule has 0 atom stereocenters. The Kier molecular flexibility index (Phi) is 5.62. The summed E-state index contributed by atoms with van der Waals surface area (Å²) in [5.74, 6) is 0.308. The van der Waals surface area contributed by atoms with E-state index in [1.165, 1.54) is 47.1 Å². The van der Waals surface area contributed by atoms with Gasteiger partial charge < -0.3 is 4.90 Å². The summed E-state index contributed by atoms with van der Waals surface area (Å²) in [5, 5.41) is 0. The number of piperazine rings is 1. The van der Waals surface area contributed by atoms with Crippen molar-refractivity contribution in [3.05, 3.63) is 59.2 Å². The first kappa shape index (κ1) is 19.8. The average molecular weight is 404 g/mol. The van der Waals surface area contributed by atoms with Gasteiger partial charge in [-0.15, -0.1) is 0 Å². The van der Waals surface area contributed by atoms with Crippen LogP contribution >= 0.6 is 0 Å². The third-order valence-electron chi connectivity index (χ3n) is 7.30. The van der Waals surface area contributed by atoms with Gasteiger partial charge in [0, 0.05) is 45.3 Å². The number of nitrogens with zero attached hydrogens (tertiary/aromatic N) is 3. The summed E-state index contributed by atoms with van der Waals surface area (Å²) in [6, 6.07) is 16.4. The van der Waals surface area contributed by atoms with Crippen LogP contribution in [0, 0.1) is 6.92 Å². The van der Waals surface area contributed by atoms with Gasteiger partial charge in [-0.05, 0) is 48.4 Å². The summed E-state index contributed by atoms with van der Waals surface area (Å²) in [7, 11) is 0. The van der Waals surface area contributed by atoms with Gasteiger partial charge in [-0.1, -0.05) is 54.4 Å². The quantitative estimate of drug-likeness (QED) is 0.779. The molecule has 2 fully saturated rings. The van der Waals surface area contributed by atoms with E-state index in [-0.39, 0.29) is 0 Å². The van der Waals surface area contributed by atoms with Crippen LogP contribution in [0.5, 0.6) is 0 Å². The maximum absolute atomic E-state index is 12.9. The fourth-order valence-electron chi connectivity index (χ4n) is 5.05. The maximum atomic E-state index is 12.9. The summed E-state index contributed by atoms with van der Waals surface area (Å²) in [6.07, 6.45) is 5.12. The first-order valence-electron chi connectivity index (χ1n) is 11.6. The van der Waals surface area contributed by atoms with Crippen LogP contribution < -0.4 is 0 Å². The lowest BCUT2D eigenvalue weighted by Gasteiger charge is -2.43. The van der Waals surface area contributed by atoms with Gasteiger partial charge >= 0.3 is 0 Å². The molecule has 1 saturated heterocycles. The Bertz CT molecular complexity index is 895. The molecule has 0 bridgehead atoms. The highest BCUT2D eigenvalue weighted by Crippen LogP contribution is 2.27. The van der Waals surface area contributed by atoms with Crippen molar-refractivity contribution in [1.29, 1.82) is 0 Å². The summed E-state index contributed by atoms with van der Waals surface area (Å²) in [6.45, 7) is 8.46. The fraction of sp³-hybridized carbons (Fsp3) is 0.500. The number of amides is 1. The van der Waals surface area contributed by atoms with Crippen molar-refractivity contribution in [2.75, 3.05) is 39.3 Å². The van der Waals surface area contributed by atoms with E-state index in [1.54, 1.807) is 0 Å². The first-order chi connectivity index (χ1) is 14.7. The number of fused-ring (bicyclic) bond motifs is 1. The Hall–Kier alpha value is -2.17. The topological polar surface area (TPSA) is 26.8 Å². The van der Waals surface area contributed by atoms with Gasteiger partial charge in [0.2, 0.25) is 5.91 Å². The average Bonchev–Trinajstić information content (AvgIpc) is 2.73. The lowest BCUT2D eigenvalue weighted by molar-refractivity contribution is -0.135. The predicted octanol–water partition coefficient (Wildman–Crippen LogP) is 3.72. The molecule has 3 aliphatic rings. The molecule has 0 N–H and O–H groups in total. The molecular formula is C26H33N3O. The minimum Gasteiger partial charge on any atom is -0.339 e. The molecule has 4 nitrogen and oxygen atoms in total. The molecule has 1 amide bonds. The Balaban J connectivity index is 1.17. The van der Waals surface area contributed by atoms with Crippen molar-refractivity contribution in [2.24, 2.45) is 0 Å². The van der Waals surface area contributed by atoms with Crippen molar-refractivity contribution >= 4 is 5.91 Å². The lowest BCUT2D eigenvalue weighted by atomic mass is 9.91. The van der Waals surface area contributed by atoms with Gasteiger partial charge in [0.1, 0.15) is 0 Å². The van der Waals surface area contributed by atoms with Crippen LogP contribution in [0.3, 0.4) is 0 Å². The number of aryl methyl sites for hydroxylation is 1. The lowest BCUT2D eigenvalue weighted by Crippen LogP contribution is -2.55. The van der Waals surface area contributed by atoms with Crippen molar-refractivity contribution in [2.45, 2.75) is 45.2 Å². The summed E-state index contributed by atoms with van der Waals surface area (Å²) in [4.78, 5) is 19.9. The van der Waals surface area contributed by atoms with Gasteiger partial charge in [-0.3, -0.25) is 14.6 Å². The minimum absolute atomic E-state index is 0.308. The molecule has 0 aromatic heterocycles. The highest BCUT2D eigenvalue weighted by molar-refractivity contribution is 5.78. The van der Waals surface area contributed by atoms with E-state index in [1.807, 2.05) is 0 Å². The van der Waals surface area contributed by atoms with Gasteiger partial charge in [0.25, 0.3) is 0 Å². The second kappa shape index (κ2) is 8.52. The Morgan fingerprint density at radius 2 is 1.63 bits per heavy atom. The summed E-state index contributed by atoms with van der Waals surface area (Å²) >= 11 is 0. The van der Waals surface area contributed by atoms with Crippen molar-refractivity contribution in [1.82, 2.24) is 14.7 Å². The molecule has 1 aliphatic carbocycles. The van der Waals surface area contributed by atoms with Crippen LogP contribution in [0.4, 0.5) is 0 Å². The molecule has 158 valence electrons. The van der Waals surface area contributed by atoms with E-state index < -0.39 is 0 Å². The monoisotopic (exact) mass is 403 g/mol. The largest absolute Gasteiger partial charge is 0.339 e. The zero-order chi connectivity index (χ0) is 20.5. The number of carbonyl (C=O) groups excluding carboxylic acids is 1. The summed E-state index contributed by atoms with van der Waals surface area (Å²) in [5.41, 5.74) is 6.68. The standard InChI is InChI=1S/C26H33N3O/c1-20-5-7-21(8-6-20)22-9-10-24-18-27(12-11-23(24)17-22)19-26(30)29-15-13-28(14-16-29)25-3-2-4-25/h5-10,17,25H,2-4,11-16,18-19H2,1H3. The van der Waals surface area contributed by atoms with Crippen LogP contribution in [-0.4, -0.2) is 65.9 Å². The number of rotatable bonds is 4. The minimum atomic E-state index is 0.308.